The van der Waals surface area contributed by atoms with Crippen LogP contribution in [0.4, 0.5) is 24.5 Å². The van der Waals surface area contributed by atoms with Crippen LogP contribution in [0.3, 0.4) is 0 Å². The molecule has 0 spiro atoms. The predicted octanol–water partition coefficient (Wildman–Crippen LogP) is 4.68. The molecule has 0 heterocycles. The molecule has 0 aromatic heterocycles. The number of alkyl halides is 3. The summed E-state index contributed by atoms with van der Waals surface area (Å²) in [6.07, 6.45) is -4.33. The van der Waals surface area contributed by atoms with Crippen LogP contribution in [0.2, 0.25) is 0 Å². The lowest BCUT2D eigenvalue weighted by Crippen LogP contribution is -2.18. The normalized spacial score (nSPS) is 11.2. The van der Waals surface area contributed by atoms with Crippen LogP contribution in [0, 0.1) is 0 Å². The molecule has 0 fully saturated rings. The molecule has 0 aliphatic heterocycles. The first-order valence-corrected chi connectivity index (χ1v) is 6.46. The maximum absolute atomic E-state index is 13.0. The summed E-state index contributed by atoms with van der Waals surface area (Å²) in [5, 5.41) is 0. The Morgan fingerprint density at radius 1 is 1.05 bits per heavy atom. The van der Waals surface area contributed by atoms with Gasteiger partial charge in [-0.15, -0.1) is 0 Å². The van der Waals surface area contributed by atoms with Crippen molar-refractivity contribution in [3.05, 3.63) is 59.7 Å². The van der Waals surface area contributed by atoms with E-state index >= 15 is 0 Å². The molecule has 0 saturated heterocycles. The highest BCUT2D eigenvalue weighted by atomic mass is 19.4. The van der Waals surface area contributed by atoms with E-state index in [4.69, 9.17) is 0 Å². The third-order valence-electron chi connectivity index (χ3n) is 3.17. The zero-order valence-electron chi connectivity index (χ0n) is 11.4. The van der Waals surface area contributed by atoms with Gasteiger partial charge in [-0.3, -0.25) is 4.79 Å². The minimum Gasteiger partial charge on any atom is -0.342 e. The van der Waals surface area contributed by atoms with Gasteiger partial charge in [-0.05, 0) is 37.3 Å². The average molecular weight is 293 g/mol. The molecule has 21 heavy (non-hydrogen) atoms. The Bertz CT molecular complexity index is 623. The third kappa shape index (κ3) is 3.24. The van der Waals surface area contributed by atoms with Crippen LogP contribution in [0.15, 0.2) is 48.5 Å². The van der Waals surface area contributed by atoms with Crippen LogP contribution >= 0.6 is 0 Å². The van der Waals surface area contributed by atoms with E-state index in [0.717, 1.165) is 11.8 Å². The molecule has 0 amide bonds. The van der Waals surface area contributed by atoms with Gasteiger partial charge in [0, 0.05) is 23.5 Å². The lowest BCUT2D eigenvalue weighted by molar-refractivity contribution is -0.137. The van der Waals surface area contributed by atoms with Crippen molar-refractivity contribution in [2.75, 3.05) is 11.4 Å². The Morgan fingerprint density at radius 3 is 2.24 bits per heavy atom. The standard InChI is InChI=1S/C16H14F3NO/c1-2-20(13-6-4-3-5-7-13)14-9-8-12(11-21)15(10-14)16(17,18)19/h3-11H,2H2,1H3. The second-order valence-electron chi connectivity index (χ2n) is 4.47. The first-order valence-electron chi connectivity index (χ1n) is 6.46. The highest BCUT2D eigenvalue weighted by Gasteiger charge is 2.34. The Morgan fingerprint density at radius 2 is 1.71 bits per heavy atom. The van der Waals surface area contributed by atoms with E-state index in [0.29, 0.717) is 12.2 Å². The quantitative estimate of drug-likeness (QED) is 0.763. The van der Waals surface area contributed by atoms with E-state index in [2.05, 4.69) is 0 Å². The summed E-state index contributed by atoms with van der Waals surface area (Å²) in [5.74, 6) is 0. The van der Waals surface area contributed by atoms with Gasteiger partial charge >= 0.3 is 6.18 Å². The second kappa shape index (κ2) is 5.99. The number of rotatable bonds is 4. The number of halogens is 3. The number of para-hydroxylation sites is 1. The number of carbonyl (C=O) groups is 1. The number of hydrogen-bond acceptors (Lipinski definition) is 2. The number of anilines is 2. The van der Waals surface area contributed by atoms with E-state index in [9.17, 15) is 18.0 Å². The molecular formula is C16H14F3NO. The van der Waals surface area contributed by atoms with Crippen molar-refractivity contribution >= 4 is 17.7 Å². The number of benzene rings is 2. The Balaban J connectivity index is 2.51. The lowest BCUT2D eigenvalue weighted by Gasteiger charge is -2.24. The fourth-order valence-corrected chi connectivity index (χ4v) is 2.18. The maximum Gasteiger partial charge on any atom is 0.417 e. The van der Waals surface area contributed by atoms with Gasteiger partial charge in [0.2, 0.25) is 0 Å². The van der Waals surface area contributed by atoms with Crippen LogP contribution < -0.4 is 4.90 Å². The summed E-state index contributed by atoms with van der Waals surface area (Å²) in [7, 11) is 0. The molecule has 2 aromatic rings. The van der Waals surface area contributed by atoms with Gasteiger partial charge in [0.05, 0.1) is 5.56 Å². The molecule has 110 valence electrons. The topological polar surface area (TPSA) is 20.3 Å². The summed E-state index contributed by atoms with van der Waals surface area (Å²) in [5.41, 5.74) is -0.0617. The molecule has 2 rings (SSSR count). The molecule has 2 nitrogen and oxygen atoms in total. The number of hydrogen-bond donors (Lipinski definition) is 0. The zero-order valence-corrected chi connectivity index (χ0v) is 11.4. The van der Waals surface area contributed by atoms with Gasteiger partial charge in [-0.1, -0.05) is 18.2 Å². The fraction of sp³-hybridized carbons (Fsp3) is 0.188. The van der Waals surface area contributed by atoms with Gasteiger partial charge in [-0.2, -0.15) is 13.2 Å². The second-order valence-corrected chi connectivity index (χ2v) is 4.47. The summed E-state index contributed by atoms with van der Waals surface area (Å²) < 4.78 is 39.0. The Hall–Kier alpha value is -2.30. The predicted molar refractivity (Wildman–Crippen MR) is 76.0 cm³/mol. The molecule has 0 N–H and O–H groups in total. The van der Waals surface area contributed by atoms with Crippen molar-refractivity contribution < 1.29 is 18.0 Å². The minimum absolute atomic E-state index is 0.228. The smallest absolute Gasteiger partial charge is 0.342 e. The van der Waals surface area contributed by atoms with E-state index in [1.807, 2.05) is 37.3 Å². The summed E-state index contributed by atoms with van der Waals surface area (Å²) in [6.45, 7) is 2.37. The zero-order chi connectivity index (χ0) is 15.5. The summed E-state index contributed by atoms with van der Waals surface area (Å²) in [6, 6.07) is 12.9. The minimum atomic E-state index is -4.55. The molecule has 0 radical (unpaired) electrons. The first kappa shape index (κ1) is 15.1. The highest BCUT2D eigenvalue weighted by Crippen LogP contribution is 2.35. The van der Waals surface area contributed by atoms with Crippen LogP contribution in [-0.4, -0.2) is 12.8 Å². The van der Waals surface area contributed by atoms with Crippen LogP contribution in [-0.2, 0) is 6.18 Å². The van der Waals surface area contributed by atoms with E-state index in [1.165, 1.54) is 12.1 Å². The highest BCUT2D eigenvalue weighted by molar-refractivity contribution is 5.80. The summed E-state index contributed by atoms with van der Waals surface area (Å²) in [4.78, 5) is 12.5. The van der Waals surface area contributed by atoms with Crippen molar-refractivity contribution in [1.29, 1.82) is 0 Å². The summed E-state index contributed by atoms with van der Waals surface area (Å²) >= 11 is 0. The number of nitrogens with zero attached hydrogens (tertiary/aromatic N) is 1. The number of carbonyl (C=O) groups excluding carboxylic acids is 1. The van der Waals surface area contributed by atoms with Gasteiger partial charge in [-0.25, -0.2) is 0 Å². The molecule has 5 heteroatoms. The molecule has 0 unspecified atom stereocenters. The Labute approximate surface area is 120 Å². The molecule has 0 aliphatic carbocycles. The van der Waals surface area contributed by atoms with Crippen molar-refractivity contribution in [2.45, 2.75) is 13.1 Å². The van der Waals surface area contributed by atoms with Crippen LogP contribution in [0.5, 0.6) is 0 Å². The molecule has 0 aliphatic rings. The number of aldehydes is 1. The van der Waals surface area contributed by atoms with Crippen molar-refractivity contribution in [3.8, 4) is 0 Å². The third-order valence-corrected chi connectivity index (χ3v) is 3.17. The first-order chi connectivity index (χ1) is 9.97. The van der Waals surface area contributed by atoms with Crippen molar-refractivity contribution in [1.82, 2.24) is 0 Å². The Kier molecular flexibility index (Phi) is 4.31. The molecular weight excluding hydrogens is 279 g/mol. The van der Waals surface area contributed by atoms with Gasteiger partial charge in [0.1, 0.15) is 0 Å². The molecule has 0 saturated carbocycles. The van der Waals surface area contributed by atoms with E-state index < -0.39 is 11.7 Å². The van der Waals surface area contributed by atoms with Gasteiger partial charge in [0.15, 0.2) is 6.29 Å². The van der Waals surface area contributed by atoms with Gasteiger partial charge < -0.3 is 4.90 Å². The molecule has 0 bridgehead atoms. The SMILES string of the molecule is CCN(c1ccccc1)c1ccc(C=O)c(C(F)(F)F)c1. The van der Waals surface area contributed by atoms with Crippen molar-refractivity contribution in [3.63, 3.8) is 0 Å². The fourth-order valence-electron chi connectivity index (χ4n) is 2.18. The van der Waals surface area contributed by atoms with Crippen molar-refractivity contribution in [2.24, 2.45) is 0 Å². The van der Waals surface area contributed by atoms with E-state index in [1.54, 1.807) is 4.90 Å². The van der Waals surface area contributed by atoms with Crippen LogP contribution in [0.1, 0.15) is 22.8 Å². The molecule has 0 atom stereocenters. The van der Waals surface area contributed by atoms with E-state index in [-0.39, 0.29) is 11.8 Å². The lowest BCUT2D eigenvalue weighted by atomic mass is 10.1. The monoisotopic (exact) mass is 293 g/mol. The van der Waals surface area contributed by atoms with Crippen LogP contribution in [0.25, 0.3) is 0 Å². The maximum atomic E-state index is 13.0. The largest absolute Gasteiger partial charge is 0.417 e. The van der Waals surface area contributed by atoms with Gasteiger partial charge in [0.25, 0.3) is 0 Å². The molecule has 2 aromatic carbocycles. The average Bonchev–Trinajstić information content (AvgIpc) is 2.48.